The fourth-order valence-corrected chi connectivity index (χ4v) is 4.56. The van der Waals surface area contributed by atoms with Crippen LogP contribution in [0.2, 0.25) is 0 Å². The van der Waals surface area contributed by atoms with Gasteiger partial charge in [-0.15, -0.1) is 0 Å². The highest BCUT2D eigenvalue weighted by Crippen LogP contribution is 2.29. The van der Waals surface area contributed by atoms with E-state index in [1.165, 1.54) is 5.39 Å². The number of nitrogens with one attached hydrogen (secondary N) is 1. The zero-order valence-corrected chi connectivity index (χ0v) is 18.5. The van der Waals surface area contributed by atoms with Gasteiger partial charge in [-0.3, -0.25) is 14.5 Å². The molecule has 4 heteroatoms. The van der Waals surface area contributed by atoms with Crippen molar-refractivity contribution in [3.63, 3.8) is 0 Å². The quantitative estimate of drug-likeness (QED) is 0.558. The largest absolute Gasteiger partial charge is 0.345 e. The normalized spacial score (nSPS) is 16.9. The fourth-order valence-electron chi connectivity index (χ4n) is 4.56. The number of hydrogen-bond acceptors (Lipinski definition) is 3. The van der Waals surface area contributed by atoms with Crippen molar-refractivity contribution in [2.45, 2.75) is 26.4 Å². The molecule has 0 saturated carbocycles. The van der Waals surface area contributed by atoms with E-state index in [9.17, 15) is 9.59 Å². The number of amides is 1. The lowest BCUT2D eigenvalue weighted by Gasteiger charge is -2.38. The average molecular weight is 428 g/mol. The van der Waals surface area contributed by atoms with Crippen molar-refractivity contribution in [1.82, 2.24) is 10.2 Å². The summed E-state index contributed by atoms with van der Waals surface area (Å²) >= 11 is 0. The predicted octanol–water partition coefficient (Wildman–Crippen LogP) is 5.28. The number of rotatable bonds is 7. The molecule has 3 aromatic carbocycles. The van der Waals surface area contributed by atoms with Gasteiger partial charge in [0, 0.05) is 40.4 Å². The van der Waals surface area contributed by atoms with E-state index in [0.29, 0.717) is 5.56 Å². The van der Waals surface area contributed by atoms with Gasteiger partial charge >= 0.3 is 0 Å². The lowest BCUT2D eigenvalue weighted by atomic mass is 9.92. The van der Waals surface area contributed by atoms with Crippen molar-refractivity contribution in [2.24, 2.45) is 5.92 Å². The standard InChI is InChI=1S/C28H27N2O2.2H2/c1-18-10-11-20(15-30-16-23(17-30)27(31)22-12-13-22)14-26(18)28(32)29-19(2)24-9-5-7-21-6-3-4-8-25(21)24;;/h3-14,19,23H,15-17H2,1-2H3,(H,29,32);2*1H/t19-;;/m1../s1. The molecule has 1 N–H and O–H groups in total. The van der Waals surface area contributed by atoms with Crippen LogP contribution in [0.3, 0.4) is 0 Å². The minimum Gasteiger partial charge on any atom is -0.345 e. The first-order valence-corrected chi connectivity index (χ1v) is 11.2. The van der Waals surface area contributed by atoms with E-state index in [-0.39, 0.29) is 26.5 Å². The zero-order chi connectivity index (χ0) is 22.2. The predicted molar refractivity (Wildman–Crippen MR) is 131 cm³/mol. The Bertz CT molecular complexity index is 1240. The number of benzene rings is 3. The van der Waals surface area contributed by atoms with Gasteiger partial charge in [0.25, 0.3) is 5.91 Å². The smallest absolute Gasteiger partial charge is 0.252 e. The molecule has 4 nitrogen and oxygen atoms in total. The molecule has 1 heterocycles. The monoisotopic (exact) mass is 427 g/mol. The number of fused-ring (bicyclic) bond motifs is 1. The Balaban J connectivity index is 0.00000162. The van der Waals surface area contributed by atoms with Crippen LogP contribution in [-0.2, 0) is 11.3 Å². The molecule has 1 radical (unpaired) electrons. The zero-order valence-electron chi connectivity index (χ0n) is 18.5. The van der Waals surface area contributed by atoms with E-state index in [2.05, 4.69) is 40.5 Å². The molecule has 2 aliphatic rings. The molecular formula is C28H31N2O2. The molecule has 1 aliphatic heterocycles. The Hall–Kier alpha value is -3.24. The van der Waals surface area contributed by atoms with Gasteiger partial charge in [0.15, 0.2) is 5.78 Å². The fraction of sp³-hybridized carbons (Fsp3) is 0.250. The maximum absolute atomic E-state index is 13.2. The van der Waals surface area contributed by atoms with Crippen LogP contribution in [0.4, 0.5) is 0 Å². The van der Waals surface area contributed by atoms with E-state index >= 15 is 0 Å². The number of nitrogens with zero attached hydrogens (tertiary/aromatic N) is 1. The lowest BCUT2D eigenvalue weighted by molar-refractivity contribution is -0.123. The molecule has 0 bridgehead atoms. The van der Waals surface area contributed by atoms with Crippen LogP contribution in [0.1, 0.15) is 42.9 Å². The molecule has 1 saturated heterocycles. The van der Waals surface area contributed by atoms with Crippen LogP contribution < -0.4 is 5.32 Å². The highest BCUT2D eigenvalue weighted by Gasteiger charge is 2.35. The van der Waals surface area contributed by atoms with Gasteiger partial charge in [0.05, 0.1) is 6.04 Å². The summed E-state index contributed by atoms with van der Waals surface area (Å²) in [7, 11) is 0. The third-order valence-corrected chi connectivity index (χ3v) is 6.54. The highest BCUT2D eigenvalue weighted by atomic mass is 16.1. The van der Waals surface area contributed by atoms with Crippen LogP contribution in [-0.4, -0.2) is 29.7 Å². The van der Waals surface area contributed by atoms with Crippen LogP contribution in [0, 0.1) is 19.3 Å². The van der Waals surface area contributed by atoms with E-state index in [0.717, 1.165) is 47.3 Å². The molecular weight excluding hydrogens is 396 g/mol. The van der Waals surface area contributed by atoms with Gasteiger partial charge < -0.3 is 5.32 Å². The molecule has 165 valence electrons. The first-order chi connectivity index (χ1) is 15.5. The summed E-state index contributed by atoms with van der Waals surface area (Å²) in [6.07, 6.45) is 3.77. The second-order valence-corrected chi connectivity index (χ2v) is 8.96. The number of aryl methyl sites for hydroxylation is 1. The molecule has 0 spiro atoms. The second-order valence-electron chi connectivity index (χ2n) is 8.96. The van der Waals surface area contributed by atoms with Gasteiger partial charge in [-0.2, -0.15) is 0 Å². The molecule has 1 aliphatic carbocycles. The number of allylic oxidation sites excluding steroid dienone is 2. The first kappa shape index (κ1) is 20.7. The van der Waals surface area contributed by atoms with Crippen molar-refractivity contribution >= 4 is 22.5 Å². The number of Topliss-reactive ketones (excluding diaryl/α,β-unsaturated/α-hetero) is 1. The summed E-state index contributed by atoms with van der Waals surface area (Å²) in [6, 6.07) is 20.4. The molecule has 1 fully saturated rings. The third-order valence-electron chi connectivity index (χ3n) is 6.54. The van der Waals surface area contributed by atoms with E-state index in [1.807, 2.05) is 56.7 Å². The Kier molecular flexibility index (Phi) is 5.40. The summed E-state index contributed by atoms with van der Waals surface area (Å²) in [4.78, 5) is 27.5. The molecule has 0 unspecified atom stereocenters. The molecule has 1 amide bonds. The number of hydrogen-bond donors (Lipinski definition) is 1. The number of carbonyl (C=O) groups excluding carboxylic acids is 2. The topological polar surface area (TPSA) is 49.4 Å². The maximum atomic E-state index is 13.2. The Morgan fingerprint density at radius 1 is 1.09 bits per heavy atom. The van der Waals surface area contributed by atoms with Gasteiger partial charge in [0.2, 0.25) is 0 Å². The second kappa shape index (κ2) is 8.36. The molecule has 3 aromatic rings. The van der Waals surface area contributed by atoms with Crippen LogP contribution in [0.15, 0.2) is 72.3 Å². The Morgan fingerprint density at radius 2 is 1.84 bits per heavy atom. The molecule has 1 atom stereocenters. The van der Waals surface area contributed by atoms with Gasteiger partial charge in [-0.1, -0.05) is 60.7 Å². The van der Waals surface area contributed by atoms with Crippen molar-refractivity contribution in [3.8, 4) is 0 Å². The minimum atomic E-state index is -0.104. The SMILES string of the molecule is Cc1ccc(CN2CC(C(=O)C3=C[CH]3)C2)cc1C(=O)N[C@H](C)c1cccc2ccccc12.[HH].[HH]. The molecule has 32 heavy (non-hydrogen) atoms. The summed E-state index contributed by atoms with van der Waals surface area (Å²) in [5.74, 6) is 0.333. The number of carbonyl (C=O) groups is 2. The molecule has 0 aromatic heterocycles. The van der Waals surface area contributed by atoms with E-state index < -0.39 is 0 Å². The van der Waals surface area contributed by atoms with Crippen molar-refractivity contribution in [2.75, 3.05) is 13.1 Å². The summed E-state index contributed by atoms with van der Waals surface area (Å²) < 4.78 is 0. The number of ketones is 1. The molecule has 5 rings (SSSR count). The van der Waals surface area contributed by atoms with Crippen LogP contribution >= 0.6 is 0 Å². The van der Waals surface area contributed by atoms with Crippen LogP contribution in [0.25, 0.3) is 10.8 Å². The van der Waals surface area contributed by atoms with Crippen molar-refractivity contribution < 1.29 is 12.4 Å². The van der Waals surface area contributed by atoms with Gasteiger partial charge in [-0.05, 0) is 52.9 Å². The van der Waals surface area contributed by atoms with Crippen molar-refractivity contribution in [1.29, 1.82) is 0 Å². The van der Waals surface area contributed by atoms with Crippen LogP contribution in [0.5, 0.6) is 0 Å². The highest BCUT2D eigenvalue weighted by molar-refractivity contribution is 6.05. The summed E-state index contributed by atoms with van der Waals surface area (Å²) in [6.45, 7) is 6.34. The maximum Gasteiger partial charge on any atom is 0.252 e. The minimum absolute atomic E-state index is 0. The average Bonchev–Trinajstić information content (AvgIpc) is 3.61. The first-order valence-electron chi connectivity index (χ1n) is 11.2. The summed E-state index contributed by atoms with van der Waals surface area (Å²) in [5.41, 5.74) is 4.76. The van der Waals surface area contributed by atoms with Gasteiger partial charge in [-0.25, -0.2) is 0 Å². The number of likely N-dealkylation sites (tertiary alicyclic amines) is 1. The van der Waals surface area contributed by atoms with E-state index in [1.54, 1.807) is 0 Å². The lowest BCUT2D eigenvalue weighted by Crippen LogP contribution is -2.49. The summed E-state index contributed by atoms with van der Waals surface area (Å²) in [5, 5.41) is 5.52. The van der Waals surface area contributed by atoms with Crippen molar-refractivity contribution in [3.05, 3.63) is 101 Å². The Labute approximate surface area is 191 Å². The van der Waals surface area contributed by atoms with Gasteiger partial charge in [0.1, 0.15) is 0 Å². The Morgan fingerprint density at radius 3 is 2.62 bits per heavy atom. The van der Waals surface area contributed by atoms with E-state index in [4.69, 9.17) is 0 Å². The third kappa shape index (κ3) is 4.11.